The fourth-order valence-electron chi connectivity index (χ4n) is 3.43. The summed E-state index contributed by atoms with van der Waals surface area (Å²) in [5.74, 6) is -3.19. The Labute approximate surface area is 222 Å². The van der Waals surface area contributed by atoms with E-state index in [2.05, 4.69) is 0 Å². The minimum atomic E-state index is -1.42. The van der Waals surface area contributed by atoms with Gasteiger partial charge in [-0.2, -0.15) is 0 Å². The van der Waals surface area contributed by atoms with E-state index in [1.807, 2.05) is 13.8 Å². The molecule has 0 amide bonds. The molecule has 12 nitrogen and oxygen atoms in total. The highest BCUT2D eigenvalue weighted by molar-refractivity contribution is 5.75. The van der Waals surface area contributed by atoms with E-state index in [4.69, 9.17) is 34.2 Å². The lowest BCUT2D eigenvalue weighted by molar-refractivity contribution is -0.139. The number of carboxylic acids is 1. The maximum atomic E-state index is 12.3. The Kier molecular flexibility index (Phi) is 14.6. The van der Waals surface area contributed by atoms with E-state index >= 15 is 0 Å². The number of benzene rings is 1. The minimum absolute atomic E-state index is 0.107. The number of rotatable bonds is 15. The molecule has 0 radical (unpaired) electrons. The minimum Gasteiger partial charge on any atom is -0.480 e. The van der Waals surface area contributed by atoms with E-state index in [1.165, 1.54) is 18.2 Å². The fourth-order valence-corrected chi connectivity index (χ4v) is 3.43. The van der Waals surface area contributed by atoms with Crippen LogP contribution in [0, 0.1) is 5.92 Å². The zero-order valence-corrected chi connectivity index (χ0v) is 22.6. The van der Waals surface area contributed by atoms with Gasteiger partial charge in [-0.1, -0.05) is 39.7 Å². The summed E-state index contributed by atoms with van der Waals surface area (Å²) in [7, 11) is 0. The third-order valence-corrected chi connectivity index (χ3v) is 5.70. The van der Waals surface area contributed by atoms with Gasteiger partial charge in [-0.3, -0.25) is 4.79 Å². The van der Waals surface area contributed by atoms with Crippen molar-refractivity contribution in [1.82, 2.24) is 0 Å². The Balaban J connectivity index is 3.36. The van der Waals surface area contributed by atoms with Crippen LogP contribution in [0.25, 0.3) is 0 Å². The number of carbonyl (C=O) groups is 4. The lowest BCUT2D eigenvalue weighted by Gasteiger charge is -2.31. The molecule has 3 N–H and O–H groups in total. The van der Waals surface area contributed by atoms with Crippen LogP contribution in [0.1, 0.15) is 71.8 Å². The number of hydrogen-bond acceptors (Lipinski definition) is 11. The summed E-state index contributed by atoms with van der Waals surface area (Å²) in [6, 6.07) is 2.71. The highest BCUT2D eigenvalue weighted by Crippen LogP contribution is 2.37. The quantitative estimate of drug-likeness (QED) is 0.132. The molecule has 0 saturated carbocycles. The van der Waals surface area contributed by atoms with Crippen molar-refractivity contribution in [2.45, 2.75) is 78.4 Å². The van der Waals surface area contributed by atoms with E-state index < -0.39 is 48.4 Å². The SMILES string of the molecule is CCCCOC(=O)Oc1ccc(C(C(C)C(C)OC(=O)OCC)[C@H](N)C(=O)O)cc1OC(=O)OCCCC. The average molecular weight is 542 g/mol. The van der Waals surface area contributed by atoms with Gasteiger partial charge in [0.1, 0.15) is 12.1 Å². The molecule has 0 aromatic heterocycles. The predicted molar refractivity (Wildman–Crippen MR) is 135 cm³/mol. The number of hydrogen-bond donors (Lipinski definition) is 2. The first kappa shape index (κ1) is 32.5. The molecule has 0 saturated heterocycles. The summed E-state index contributed by atoms with van der Waals surface area (Å²) in [5.41, 5.74) is 6.36. The fraction of sp³-hybridized carbons (Fsp3) is 0.615. The molecule has 0 bridgehead atoms. The van der Waals surface area contributed by atoms with Crippen LogP contribution < -0.4 is 15.2 Å². The second-order valence-electron chi connectivity index (χ2n) is 8.57. The van der Waals surface area contributed by atoms with E-state index in [0.29, 0.717) is 18.4 Å². The van der Waals surface area contributed by atoms with E-state index in [0.717, 1.165) is 12.8 Å². The highest BCUT2D eigenvalue weighted by atomic mass is 16.7. The average Bonchev–Trinajstić information content (AvgIpc) is 2.85. The Morgan fingerprint density at radius 1 is 0.842 bits per heavy atom. The Bertz CT molecular complexity index is 920. The molecule has 0 aliphatic carbocycles. The summed E-state index contributed by atoms with van der Waals surface area (Å²) in [6.45, 7) is 9.09. The van der Waals surface area contributed by atoms with E-state index in [1.54, 1.807) is 20.8 Å². The van der Waals surface area contributed by atoms with Gasteiger partial charge < -0.3 is 39.3 Å². The summed E-state index contributed by atoms with van der Waals surface area (Å²) < 4.78 is 30.6. The monoisotopic (exact) mass is 541 g/mol. The van der Waals surface area contributed by atoms with Crippen LogP contribution in [-0.4, -0.2) is 61.5 Å². The molecule has 4 atom stereocenters. The maximum absolute atomic E-state index is 12.3. The maximum Gasteiger partial charge on any atom is 0.513 e. The summed E-state index contributed by atoms with van der Waals surface area (Å²) >= 11 is 0. The van der Waals surface area contributed by atoms with Gasteiger partial charge in [-0.05, 0) is 44.4 Å². The zero-order chi connectivity index (χ0) is 28.7. The molecule has 214 valence electrons. The number of ether oxygens (including phenoxy) is 6. The van der Waals surface area contributed by atoms with Gasteiger partial charge in [0.15, 0.2) is 11.5 Å². The lowest BCUT2D eigenvalue weighted by Crippen LogP contribution is -2.42. The van der Waals surface area contributed by atoms with Crippen molar-refractivity contribution in [2.75, 3.05) is 19.8 Å². The molecule has 0 aliphatic heterocycles. The highest BCUT2D eigenvalue weighted by Gasteiger charge is 2.36. The smallest absolute Gasteiger partial charge is 0.480 e. The number of carbonyl (C=O) groups excluding carboxylic acids is 3. The van der Waals surface area contributed by atoms with Crippen molar-refractivity contribution in [1.29, 1.82) is 0 Å². The predicted octanol–water partition coefficient (Wildman–Crippen LogP) is 5.01. The van der Waals surface area contributed by atoms with Gasteiger partial charge in [0.2, 0.25) is 0 Å². The van der Waals surface area contributed by atoms with Crippen molar-refractivity contribution >= 4 is 24.4 Å². The summed E-state index contributed by atoms with van der Waals surface area (Å²) in [6.07, 6.45) is -0.880. The van der Waals surface area contributed by atoms with Crippen LogP contribution in [-0.2, 0) is 23.7 Å². The van der Waals surface area contributed by atoms with E-state index in [9.17, 15) is 24.3 Å². The first-order valence-electron chi connectivity index (χ1n) is 12.7. The molecule has 0 spiro atoms. The van der Waals surface area contributed by atoms with Crippen LogP contribution >= 0.6 is 0 Å². The van der Waals surface area contributed by atoms with Crippen molar-refractivity contribution in [3.8, 4) is 11.5 Å². The standard InChI is InChI=1S/C26H39NO11/c1-6-9-13-34-25(31)37-19-12-11-18(15-20(19)38-26(32)35-14-10-7-2)21(22(27)23(28)29)16(4)17(5)36-24(30)33-8-3/h11-12,15-17,21-22H,6-10,13-14,27H2,1-5H3,(H,28,29)/t16?,17?,21?,22-/m0/s1. The second kappa shape index (κ2) is 17.1. The first-order valence-corrected chi connectivity index (χ1v) is 12.7. The van der Waals surface area contributed by atoms with Crippen molar-refractivity contribution < 1.29 is 52.7 Å². The molecule has 1 rings (SSSR count). The van der Waals surface area contributed by atoms with Crippen molar-refractivity contribution in [3.05, 3.63) is 23.8 Å². The first-order chi connectivity index (χ1) is 18.0. The number of aliphatic carboxylic acids is 1. The third-order valence-electron chi connectivity index (χ3n) is 5.70. The molecule has 0 fully saturated rings. The lowest BCUT2D eigenvalue weighted by atomic mass is 9.79. The van der Waals surface area contributed by atoms with Crippen LogP contribution in [0.4, 0.5) is 14.4 Å². The molecular weight excluding hydrogens is 502 g/mol. The molecule has 1 aromatic rings. The largest absolute Gasteiger partial charge is 0.513 e. The number of nitrogens with two attached hydrogens (primary N) is 1. The Morgan fingerprint density at radius 2 is 1.39 bits per heavy atom. The molecule has 38 heavy (non-hydrogen) atoms. The molecule has 0 heterocycles. The van der Waals surface area contributed by atoms with Gasteiger partial charge in [0.25, 0.3) is 0 Å². The van der Waals surface area contributed by atoms with Crippen LogP contribution in [0.3, 0.4) is 0 Å². The topological polar surface area (TPSA) is 170 Å². The van der Waals surface area contributed by atoms with Gasteiger partial charge in [-0.25, -0.2) is 14.4 Å². The number of unbranched alkanes of at least 4 members (excludes halogenated alkanes) is 2. The second-order valence-corrected chi connectivity index (χ2v) is 8.57. The molecule has 12 heteroatoms. The number of carboxylic acid groups (broad SMARTS) is 1. The molecule has 3 unspecified atom stereocenters. The summed E-state index contributed by atoms with van der Waals surface area (Å²) in [5, 5.41) is 9.67. The van der Waals surface area contributed by atoms with Crippen molar-refractivity contribution in [3.63, 3.8) is 0 Å². The van der Waals surface area contributed by atoms with Crippen LogP contribution in [0.15, 0.2) is 18.2 Å². The van der Waals surface area contributed by atoms with Gasteiger partial charge >= 0.3 is 24.4 Å². The van der Waals surface area contributed by atoms with Gasteiger partial charge in [0, 0.05) is 11.8 Å². The van der Waals surface area contributed by atoms with Gasteiger partial charge in [-0.15, -0.1) is 0 Å². The van der Waals surface area contributed by atoms with E-state index in [-0.39, 0.29) is 31.3 Å². The third kappa shape index (κ3) is 10.8. The molecular formula is C26H39NO11. The Hall–Kier alpha value is -3.54. The zero-order valence-electron chi connectivity index (χ0n) is 22.6. The molecule has 1 aromatic carbocycles. The van der Waals surface area contributed by atoms with Crippen molar-refractivity contribution in [2.24, 2.45) is 11.7 Å². The Morgan fingerprint density at radius 3 is 1.89 bits per heavy atom. The van der Waals surface area contributed by atoms with Gasteiger partial charge in [0.05, 0.1) is 19.8 Å². The molecule has 0 aliphatic rings. The van der Waals surface area contributed by atoms with Crippen LogP contribution in [0.5, 0.6) is 11.5 Å². The normalized spacial score (nSPS) is 13.8. The van der Waals surface area contributed by atoms with Crippen LogP contribution in [0.2, 0.25) is 0 Å². The summed E-state index contributed by atoms with van der Waals surface area (Å²) in [4.78, 5) is 48.1.